The lowest BCUT2D eigenvalue weighted by Crippen LogP contribution is -2.15. The first-order chi connectivity index (χ1) is 6.97. The summed E-state index contributed by atoms with van der Waals surface area (Å²) in [5.41, 5.74) is 2.21. The molecule has 0 unspecified atom stereocenters. The van der Waals surface area contributed by atoms with E-state index in [2.05, 4.69) is 42.8 Å². The molecule has 0 bridgehead atoms. The Balaban J connectivity index is 2.84. The van der Waals surface area contributed by atoms with E-state index >= 15 is 0 Å². The fourth-order valence-corrected chi connectivity index (χ4v) is 1.95. The number of hydrogen-bond acceptors (Lipinski definition) is 3. The lowest BCUT2D eigenvalue weighted by atomic mass is 10.3. The van der Waals surface area contributed by atoms with Gasteiger partial charge in [-0.15, -0.1) is 0 Å². The molecule has 1 rings (SSSR count). The zero-order valence-corrected chi connectivity index (χ0v) is 11.4. The largest absolute Gasteiger partial charge is 0.304 e. The minimum Gasteiger partial charge on any atom is -0.304 e. The third-order valence-corrected chi connectivity index (χ3v) is 2.31. The van der Waals surface area contributed by atoms with E-state index in [1.54, 1.807) is 0 Å². The molecule has 0 saturated carbocycles. The second-order valence-electron chi connectivity index (χ2n) is 4.24. The third-order valence-electron chi connectivity index (χ3n) is 1.85. The summed E-state index contributed by atoms with van der Waals surface area (Å²) in [6.07, 6.45) is 0. The summed E-state index contributed by atoms with van der Waals surface area (Å²) < 4.78 is 1.10. The van der Waals surface area contributed by atoms with Crippen LogP contribution in [-0.2, 0) is 13.1 Å². The van der Waals surface area contributed by atoms with Crippen molar-refractivity contribution < 1.29 is 0 Å². The highest BCUT2D eigenvalue weighted by molar-refractivity contribution is 9.10. The molecule has 1 heterocycles. The van der Waals surface area contributed by atoms with E-state index in [0.29, 0.717) is 0 Å². The Labute approximate surface area is 100 Å². The highest BCUT2D eigenvalue weighted by atomic mass is 79.9. The van der Waals surface area contributed by atoms with Crippen molar-refractivity contribution in [2.24, 2.45) is 0 Å². The first-order valence-corrected chi connectivity index (χ1v) is 5.71. The van der Waals surface area contributed by atoms with Crippen molar-refractivity contribution in [1.82, 2.24) is 14.8 Å². The summed E-state index contributed by atoms with van der Waals surface area (Å²) in [5.74, 6) is 0. The average molecular weight is 272 g/mol. The van der Waals surface area contributed by atoms with Crippen molar-refractivity contribution in [1.29, 1.82) is 0 Å². The Morgan fingerprint density at radius 2 is 1.40 bits per heavy atom. The zero-order valence-electron chi connectivity index (χ0n) is 9.79. The Bertz CT molecular complexity index is 295. The molecule has 0 N–H and O–H groups in total. The molecule has 0 fully saturated rings. The van der Waals surface area contributed by atoms with Crippen molar-refractivity contribution in [3.05, 3.63) is 28.0 Å². The molecule has 1 aromatic heterocycles. The molecule has 0 aliphatic rings. The minimum atomic E-state index is 0.875. The van der Waals surface area contributed by atoms with Crippen LogP contribution >= 0.6 is 15.9 Å². The van der Waals surface area contributed by atoms with Gasteiger partial charge >= 0.3 is 0 Å². The number of pyridine rings is 1. The van der Waals surface area contributed by atoms with Gasteiger partial charge in [0.05, 0.1) is 11.4 Å². The highest BCUT2D eigenvalue weighted by Crippen LogP contribution is 2.14. The molecule has 0 amide bonds. The Morgan fingerprint density at radius 3 is 1.73 bits per heavy atom. The predicted molar refractivity (Wildman–Crippen MR) is 66.7 cm³/mol. The van der Waals surface area contributed by atoms with Crippen LogP contribution in [0, 0.1) is 0 Å². The fraction of sp³-hybridized carbons (Fsp3) is 0.545. The normalized spacial score (nSPS) is 11.4. The van der Waals surface area contributed by atoms with Crippen molar-refractivity contribution in [2.45, 2.75) is 13.1 Å². The van der Waals surface area contributed by atoms with Crippen molar-refractivity contribution >= 4 is 15.9 Å². The number of hydrogen-bond donors (Lipinski definition) is 0. The molecule has 0 aromatic carbocycles. The van der Waals surface area contributed by atoms with Gasteiger partial charge in [0, 0.05) is 17.6 Å². The summed E-state index contributed by atoms with van der Waals surface area (Å²) in [7, 11) is 8.20. The summed E-state index contributed by atoms with van der Waals surface area (Å²) in [5, 5.41) is 0. The van der Waals surface area contributed by atoms with Gasteiger partial charge in [0.15, 0.2) is 0 Å². The van der Waals surface area contributed by atoms with Gasteiger partial charge < -0.3 is 9.80 Å². The topological polar surface area (TPSA) is 19.4 Å². The van der Waals surface area contributed by atoms with E-state index in [9.17, 15) is 0 Å². The van der Waals surface area contributed by atoms with Crippen LogP contribution in [0.15, 0.2) is 16.6 Å². The Hall–Kier alpha value is -0.450. The molecule has 0 aliphatic heterocycles. The predicted octanol–water partition coefficient (Wildman–Crippen LogP) is 1.97. The molecule has 0 atom stereocenters. The second kappa shape index (κ2) is 5.58. The quantitative estimate of drug-likeness (QED) is 0.835. The van der Waals surface area contributed by atoms with Crippen LogP contribution < -0.4 is 0 Å². The third kappa shape index (κ3) is 4.73. The van der Waals surface area contributed by atoms with Gasteiger partial charge in [-0.05, 0) is 40.3 Å². The average Bonchev–Trinajstić information content (AvgIpc) is 1.98. The van der Waals surface area contributed by atoms with Gasteiger partial charge in [-0.2, -0.15) is 0 Å². The van der Waals surface area contributed by atoms with Crippen LogP contribution in [0.3, 0.4) is 0 Å². The molecule has 0 aliphatic carbocycles. The number of halogens is 1. The van der Waals surface area contributed by atoms with Gasteiger partial charge in [0.2, 0.25) is 0 Å². The molecule has 1 aromatic rings. The van der Waals surface area contributed by atoms with Crippen LogP contribution in [0.25, 0.3) is 0 Å². The van der Waals surface area contributed by atoms with Crippen molar-refractivity contribution in [3.63, 3.8) is 0 Å². The van der Waals surface area contributed by atoms with Crippen molar-refractivity contribution in [3.8, 4) is 0 Å². The monoisotopic (exact) mass is 271 g/mol. The van der Waals surface area contributed by atoms with Crippen LogP contribution in [0.1, 0.15) is 11.4 Å². The van der Waals surface area contributed by atoms with Gasteiger partial charge in [-0.1, -0.05) is 15.9 Å². The molecule has 15 heavy (non-hydrogen) atoms. The number of rotatable bonds is 4. The minimum absolute atomic E-state index is 0.875. The fourth-order valence-electron chi connectivity index (χ4n) is 1.42. The second-order valence-corrected chi connectivity index (χ2v) is 5.16. The van der Waals surface area contributed by atoms with E-state index in [4.69, 9.17) is 0 Å². The molecule has 84 valence electrons. The maximum atomic E-state index is 4.60. The SMILES string of the molecule is CN(C)Cc1cc(Br)cc(CN(C)C)n1. The summed E-state index contributed by atoms with van der Waals surface area (Å²) in [6.45, 7) is 1.75. The number of nitrogens with zero attached hydrogens (tertiary/aromatic N) is 3. The summed E-state index contributed by atoms with van der Waals surface area (Å²) >= 11 is 3.52. The molecular formula is C11H18BrN3. The van der Waals surface area contributed by atoms with Gasteiger partial charge in [0.1, 0.15) is 0 Å². The van der Waals surface area contributed by atoms with Crippen molar-refractivity contribution in [2.75, 3.05) is 28.2 Å². The van der Waals surface area contributed by atoms with E-state index in [1.165, 1.54) is 0 Å². The maximum Gasteiger partial charge on any atom is 0.0558 e. The van der Waals surface area contributed by atoms with Crippen LogP contribution in [-0.4, -0.2) is 43.0 Å². The van der Waals surface area contributed by atoms with Crippen LogP contribution in [0.5, 0.6) is 0 Å². The highest BCUT2D eigenvalue weighted by Gasteiger charge is 2.03. The summed E-state index contributed by atoms with van der Waals surface area (Å²) in [6, 6.07) is 4.14. The van der Waals surface area contributed by atoms with E-state index in [1.807, 2.05) is 28.2 Å². The molecule has 0 radical (unpaired) electrons. The van der Waals surface area contributed by atoms with Crippen LogP contribution in [0.4, 0.5) is 0 Å². The van der Waals surface area contributed by atoms with Gasteiger partial charge in [-0.25, -0.2) is 0 Å². The lowest BCUT2D eigenvalue weighted by molar-refractivity contribution is 0.384. The van der Waals surface area contributed by atoms with Gasteiger partial charge in [-0.3, -0.25) is 4.98 Å². The smallest absolute Gasteiger partial charge is 0.0558 e. The van der Waals surface area contributed by atoms with E-state index in [-0.39, 0.29) is 0 Å². The standard InChI is InChI=1S/C11H18BrN3/c1-14(2)7-10-5-9(12)6-11(13-10)8-15(3)4/h5-6H,7-8H2,1-4H3. The Kier molecular flexibility index (Phi) is 4.70. The Morgan fingerprint density at radius 1 is 1.00 bits per heavy atom. The molecule has 4 heteroatoms. The molecule has 0 spiro atoms. The lowest BCUT2D eigenvalue weighted by Gasteiger charge is -2.13. The van der Waals surface area contributed by atoms with Gasteiger partial charge in [0.25, 0.3) is 0 Å². The first kappa shape index (κ1) is 12.6. The first-order valence-electron chi connectivity index (χ1n) is 4.92. The van der Waals surface area contributed by atoms with Crippen LogP contribution in [0.2, 0.25) is 0 Å². The number of aromatic nitrogens is 1. The van der Waals surface area contributed by atoms with E-state index in [0.717, 1.165) is 29.0 Å². The maximum absolute atomic E-state index is 4.60. The molecule has 0 saturated heterocycles. The molecular weight excluding hydrogens is 254 g/mol. The molecule has 3 nitrogen and oxygen atoms in total. The zero-order chi connectivity index (χ0) is 11.4. The summed E-state index contributed by atoms with van der Waals surface area (Å²) in [4.78, 5) is 8.84. The van der Waals surface area contributed by atoms with E-state index < -0.39 is 0 Å².